The first-order valence-corrected chi connectivity index (χ1v) is 28.0. The predicted molar refractivity (Wildman–Crippen MR) is 265 cm³/mol. The zero-order valence-corrected chi connectivity index (χ0v) is 45.5. The lowest BCUT2D eigenvalue weighted by atomic mass is 9.46. The molecule has 0 aromatic rings. The summed E-state index contributed by atoms with van der Waals surface area (Å²) in [4.78, 5) is 0. The molecule has 9 aliphatic rings. The Balaban J connectivity index is 0.000000209. The monoisotopic (exact) mass is 1090 g/mol. The van der Waals surface area contributed by atoms with Gasteiger partial charge in [-0.15, -0.1) is 0 Å². The number of aliphatic hydroxyl groups excluding tert-OH is 12. The topological polar surface area (TPSA) is 346 Å². The average molecular weight is 1090 g/mol. The summed E-state index contributed by atoms with van der Waals surface area (Å²) < 4.78 is 50.5. The number of hydrogen-bond acceptors (Lipinski definition) is 22. The number of ether oxygens (including phenoxy) is 9. The summed E-state index contributed by atoms with van der Waals surface area (Å²) in [6.07, 6.45) is -11.7. The standard InChI is InChI=1S/C35H58O8.C19H34O14/c1-19-8-11-33(4)22(14-19)6-7-23-24(33)10-12-34(5)25(23)15-26-28(34)21(3)35(18-37,43-26)13-9-20(2)17-41-32-31(40)30(39)29(38)27(16-36)42-32;1-6-9(21)10(22)12(24)16(29-6)32-14-7(2)30-17(13(25)11(14)23)33-19(27)4-8(5-20)31-18(28-3)15(19)26/h6,19-21,23-32,36-40H,7-18H2,1-5H3;6-18,20-27H,4-5H2,1-3H3/t19-,20+,21+,23?,24?,25?,26?,27?,28?,29+,30+,31?,32+,33-,34-,35?;6?,7?,8?,9-,10-,11+,12?,13?,14-,15?,16-,17-,18+,19-/m00/s1. The van der Waals surface area contributed by atoms with Gasteiger partial charge < -0.3 is 109 Å². The van der Waals surface area contributed by atoms with E-state index >= 15 is 0 Å². The van der Waals surface area contributed by atoms with Crippen LogP contribution in [0.2, 0.25) is 0 Å². The molecule has 5 heterocycles. The smallest absolute Gasteiger partial charge is 0.202 e. The van der Waals surface area contributed by atoms with Gasteiger partial charge >= 0.3 is 0 Å². The number of fused-ring (bicyclic) bond motifs is 7. The lowest BCUT2D eigenvalue weighted by Gasteiger charge is -2.58. The van der Waals surface area contributed by atoms with Crippen molar-refractivity contribution in [3.8, 4) is 0 Å². The van der Waals surface area contributed by atoms with Crippen LogP contribution in [0.15, 0.2) is 11.6 Å². The van der Waals surface area contributed by atoms with Crippen LogP contribution in [0.4, 0.5) is 0 Å². The highest BCUT2D eigenvalue weighted by atomic mass is 16.8. The minimum Gasteiger partial charge on any atom is -0.394 e. The first-order chi connectivity index (χ1) is 35.8. The molecule has 9 rings (SSSR count). The number of hydrogen-bond donors (Lipinski definition) is 13. The van der Waals surface area contributed by atoms with Gasteiger partial charge in [0.15, 0.2) is 31.3 Å². The third-order valence-corrected chi connectivity index (χ3v) is 20.1. The Morgan fingerprint density at radius 3 is 2.07 bits per heavy atom. The highest BCUT2D eigenvalue weighted by Gasteiger charge is 2.68. The van der Waals surface area contributed by atoms with E-state index in [1.165, 1.54) is 59.5 Å². The van der Waals surface area contributed by atoms with Crippen molar-refractivity contribution in [2.45, 2.75) is 241 Å². The molecular formula is C54H92O22. The molecule has 4 aliphatic carbocycles. The van der Waals surface area contributed by atoms with Gasteiger partial charge in [0.2, 0.25) is 5.79 Å². The third kappa shape index (κ3) is 11.3. The highest BCUT2D eigenvalue weighted by molar-refractivity contribution is 5.26. The van der Waals surface area contributed by atoms with Gasteiger partial charge in [0.05, 0.1) is 56.4 Å². The highest BCUT2D eigenvalue weighted by Crippen LogP contribution is 2.70. The molecule has 3 saturated carbocycles. The summed E-state index contributed by atoms with van der Waals surface area (Å²) in [5, 5.41) is 132. The second-order valence-electron chi connectivity index (χ2n) is 24.9. The predicted octanol–water partition coefficient (Wildman–Crippen LogP) is -0.704. The lowest BCUT2D eigenvalue weighted by Crippen LogP contribution is -2.66. The molecule has 0 radical (unpaired) electrons. The van der Waals surface area contributed by atoms with Gasteiger partial charge in [-0.2, -0.15) is 0 Å². The quantitative estimate of drug-likeness (QED) is 0.0755. The van der Waals surface area contributed by atoms with E-state index in [-0.39, 0.29) is 43.0 Å². The molecule has 30 atom stereocenters. The molecule has 8 fully saturated rings. The summed E-state index contributed by atoms with van der Waals surface area (Å²) in [7, 11) is 1.21. The molecule has 0 aromatic carbocycles. The first-order valence-electron chi connectivity index (χ1n) is 28.0. The van der Waals surface area contributed by atoms with E-state index in [9.17, 15) is 66.4 Å². The largest absolute Gasteiger partial charge is 0.394 e. The Labute approximate surface area is 446 Å². The van der Waals surface area contributed by atoms with Gasteiger partial charge in [0.25, 0.3) is 0 Å². The van der Waals surface area contributed by atoms with Crippen molar-refractivity contribution in [3.05, 3.63) is 11.6 Å². The van der Waals surface area contributed by atoms with Crippen molar-refractivity contribution in [2.75, 3.05) is 33.5 Å². The Morgan fingerprint density at radius 1 is 0.724 bits per heavy atom. The number of aliphatic hydroxyl groups is 13. The second kappa shape index (κ2) is 24.0. The lowest BCUT2D eigenvalue weighted by molar-refractivity contribution is -0.421. The molecule has 22 nitrogen and oxygen atoms in total. The van der Waals surface area contributed by atoms with Crippen molar-refractivity contribution in [1.82, 2.24) is 0 Å². The fourth-order valence-corrected chi connectivity index (χ4v) is 15.4. The van der Waals surface area contributed by atoms with E-state index in [4.69, 9.17) is 42.6 Å². The maximum atomic E-state index is 10.9. The van der Waals surface area contributed by atoms with Crippen LogP contribution in [0.25, 0.3) is 0 Å². The Bertz CT molecular complexity index is 1930. The maximum absolute atomic E-state index is 10.9. The summed E-state index contributed by atoms with van der Waals surface area (Å²) in [6, 6.07) is 0. The molecule has 76 heavy (non-hydrogen) atoms. The van der Waals surface area contributed by atoms with E-state index < -0.39 is 135 Å². The molecule has 22 heteroatoms. The van der Waals surface area contributed by atoms with E-state index in [1.807, 2.05) is 0 Å². The SMILES string of the molecule is CO[C@@H]1OC(CO)C[C@](O)(O[C@@H]2OC(C)[C@H](O[C@@H]3OC(C)[C@H](O)[C@H](O)C3O)[C@H](O)C2O)C1O.C[C@H](CCC1(CO)OC2CC3C4CC=C5C[C@@H](C)CC[C@]5(C)C4CC[C@]3(C)C2[C@H]1C)CO[C@@H]1OC(CO)[C@@H](O)[C@@H](O)C1O. The molecule has 0 bridgehead atoms. The van der Waals surface area contributed by atoms with Gasteiger partial charge in [-0.3, -0.25) is 0 Å². The fraction of sp³-hybridized carbons (Fsp3) is 0.963. The minimum atomic E-state index is -2.36. The number of methoxy groups -OCH3 is 1. The summed E-state index contributed by atoms with van der Waals surface area (Å²) >= 11 is 0. The summed E-state index contributed by atoms with van der Waals surface area (Å²) in [5.74, 6) is 1.48. The Kier molecular flexibility index (Phi) is 19.2. The first kappa shape index (κ1) is 60.9. The molecule has 13 N–H and O–H groups in total. The van der Waals surface area contributed by atoms with Crippen molar-refractivity contribution >= 4 is 0 Å². The van der Waals surface area contributed by atoms with E-state index in [0.717, 1.165) is 37.0 Å². The van der Waals surface area contributed by atoms with Crippen molar-refractivity contribution < 1.29 is 109 Å². The Morgan fingerprint density at radius 2 is 1.39 bits per heavy atom. The molecular weight excluding hydrogens is 1000 g/mol. The van der Waals surface area contributed by atoms with Gasteiger partial charge in [0, 0.05) is 13.5 Å². The van der Waals surface area contributed by atoms with E-state index in [1.54, 1.807) is 5.57 Å². The summed E-state index contributed by atoms with van der Waals surface area (Å²) in [5.41, 5.74) is 1.80. The van der Waals surface area contributed by atoms with Gasteiger partial charge in [-0.1, -0.05) is 46.3 Å². The summed E-state index contributed by atoms with van der Waals surface area (Å²) in [6.45, 7) is 14.1. The maximum Gasteiger partial charge on any atom is 0.202 e. The van der Waals surface area contributed by atoms with Crippen LogP contribution in [-0.4, -0.2) is 228 Å². The third-order valence-electron chi connectivity index (χ3n) is 20.1. The molecule has 0 aromatic heterocycles. The normalized spacial score (nSPS) is 53.5. The Hall–Kier alpha value is -1.14. The molecule has 440 valence electrons. The average Bonchev–Trinajstić information content (AvgIpc) is 3.97. The van der Waals surface area contributed by atoms with E-state index in [2.05, 4.69) is 40.7 Å². The molecule has 0 spiro atoms. The minimum absolute atomic E-state index is 0.0105. The molecule has 5 saturated heterocycles. The van der Waals surface area contributed by atoms with E-state index in [0.29, 0.717) is 17.3 Å². The molecule has 14 unspecified atom stereocenters. The number of allylic oxidation sites excluding steroid dienone is 2. The van der Waals surface area contributed by atoms with Crippen molar-refractivity contribution in [3.63, 3.8) is 0 Å². The zero-order chi connectivity index (χ0) is 55.6. The van der Waals surface area contributed by atoms with Gasteiger partial charge in [-0.05, 0) is 124 Å². The van der Waals surface area contributed by atoms with Crippen LogP contribution < -0.4 is 0 Å². The van der Waals surface area contributed by atoms with Crippen LogP contribution in [-0.2, 0) is 42.6 Å². The fourth-order valence-electron chi connectivity index (χ4n) is 15.4. The molecule has 5 aliphatic heterocycles. The van der Waals surface area contributed by atoms with Crippen LogP contribution in [0, 0.1) is 52.3 Å². The van der Waals surface area contributed by atoms with Crippen LogP contribution in [0.5, 0.6) is 0 Å². The van der Waals surface area contributed by atoms with Crippen LogP contribution >= 0.6 is 0 Å². The van der Waals surface area contributed by atoms with Crippen LogP contribution in [0.3, 0.4) is 0 Å². The van der Waals surface area contributed by atoms with Crippen molar-refractivity contribution in [1.29, 1.82) is 0 Å². The zero-order valence-electron chi connectivity index (χ0n) is 45.5. The second-order valence-corrected chi connectivity index (χ2v) is 24.9. The van der Waals surface area contributed by atoms with Crippen LogP contribution in [0.1, 0.15) is 113 Å². The molecule has 0 amide bonds. The van der Waals surface area contributed by atoms with Gasteiger partial charge in [0.1, 0.15) is 61.0 Å². The van der Waals surface area contributed by atoms with Crippen molar-refractivity contribution in [2.24, 2.45) is 52.3 Å². The van der Waals surface area contributed by atoms with Gasteiger partial charge in [-0.25, -0.2) is 0 Å². The number of rotatable bonds is 14.